The second kappa shape index (κ2) is 14.1. The predicted molar refractivity (Wildman–Crippen MR) is 150 cm³/mol. The molecular formula is C26H39ClN2O8S2. The summed E-state index contributed by atoms with van der Waals surface area (Å²) >= 11 is 0. The fourth-order valence-electron chi connectivity index (χ4n) is 4.59. The number of benzene rings is 1. The minimum Gasteiger partial charge on any atom is -0.480 e. The van der Waals surface area contributed by atoms with Crippen molar-refractivity contribution in [1.29, 1.82) is 0 Å². The van der Waals surface area contributed by atoms with Crippen LogP contribution in [0.3, 0.4) is 0 Å². The Balaban J connectivity index is 0.000000976. The highest BCUT2D eigenvalue weighted by molar-refractivity contribution is 8.13. The van der Waals surface area contributed by atoms with Crippen LogP contribution < -0.4 is 0 Å². The molecule has 0 aliphatic heterocycles. The van der Waals surface area contributed by atoms with Gasteiger partial charge in [-0.1, -0.05) is 38.0 Å². The molecule has 39 heavy (non-hydrogen) atoms. The standard InChI is InChI=1S/C25H36N2O6S.CH3ClO2S/c1-16(2)23(25(28)29)27(34(5,30)31)14-19-7-6-8-21(13-19)32-15-22-18(4)33-24(26-22)20-11-9-17(3)10-12-20;1-5(2,3)4/h9-12,16,19,21,23H,6-8,13-15H2,1-5H3,(H,28,29);1H3/t19-,21+,23-;/m0./s1. The molecule has 13 heteroatoms. The normalized spacial score (nSPS) is 19.0. The number of hydrogen-bond acceptors (Lipinski definition) is 8. The first-order chi connectivity index (χ1) is 18.0. The highest BCUT2D eigenvalue weighted by Gasteiger charge is 2.37. The molecule has 1 aromatic carbocycles. The number of halogens is 1. The van der Waals surface area contributed by atoms with Gasteiger partial charge < -0.3 is 14.3 Å². The Morgan fingerprint density at radius 3 is 2.26 bits per heavy atom. The molecule has 1 aliphatic rings. The van der Waals surface area contributed by atoms with Gasteiger partial charge in [-0.25, -0.2) is 21.8 Å². The molecule has 2 aromatic rings. The largest absolute Gasteiger partial charge is 0.480 e. The van der Waals surface area contributed by atoms with Crippen molar-refractivity contribution in [3.63, 3.8) is 0 Å². The van der Waals surface area contributed by atoms with Crippen molar-refractivity contribution in [3.8, 4) is 11.5 Å². The van der Waals surface area contributed by atoms with E-state index >= 15 is 0 Å². The van der Waals surface area contributed by atoms with Gasteiger partial charge in [0.05, 0.1) is 25.2 Å². The molecule has 3 atom stereocenters. The Morgan fingerprint density at radius 2 is 1.74 bits per heavy atom. The van der Waals surface area contributed by atoms with E-state index in [-0.39, 0.29) is 24.5 Å². The zero-order chi connectivity index (χ0) is 29.5. The highest BCUT2D eigenvalue weighted by atomic mass is 35.7. The van der Waals surface area contributed by atoms with Crippen LogP contribution in [-0.2, 0) is 35.2 Å². The van der Waals surface area contributed by atoms with Crippen LogP contribution in [0.15, 0.2) is 28.7 Å². The SMILES string of the molecule is CS(=O)(=O)Cl.Cc1ccc(-c2nc(CO[C@@H]3CCC[C@H](CN([C@H](C(=O)O)C(C)C)S(C)(=O)=O)C3)c(C)o2)cc1. The van der Waals surface area contributed by atoms with Gasteiger partial charge in [0.25, 0.3) is 0 Å². The van der Waals surface area contributed by atoms with Crippen molar-refractivity contribution in [2.75, 3.05) is 19.1 Å². The molecule has 0 radical (unpaired) electrons. The number of hydrogen-bond donors (Lipinski definition) is 1. The summed E-state index contributed by atoms with van der Waals surface area (Å²) in [5, 5.41) is 9.65. The van der Waals surface area contributed by atoms with E-state index in [9.17, 15) is 26.7 Å². The lowest BCUT2D eigenvalue weighted by Crippen LogP contribution is -2.50. The quantitative estimate of drug-likeness (QED) is 0.384. The summed E-state index contributed by atoms with van der Waals surface area (Å²) in [5.41, 5.74) is 2.83. The topological polar surface area (TPSA) is 144 Å². The van der Waals surface area contributed by atoms with E-state index in [0.29, 0.717) is 24.7 Å². The van der Waals surface area contributed by atoms with Crippen LogP contribution >= 0.6 is 10.7 Å². The summed E-state index contributed by atoms with van der Waals surface area (Å²) in [6, 6.07) is 6.91. The van der Waals surface area contributed by atoms with Crippen LogP contribution in [0.1, 0.15) is 56.5 Å². The average molecular weight is 607 g/mol. The molecule has 0 saturated heterocycles. The summed E-state index contributed by atoms with van der Waals surface area (Å²) in [5.74, 6) is -0.131. The van der Waals surface area contributed by atoms with Crippen LogP contribution in [-0.4, -0.2) is 68.4 Å². The molecule has 1 aliphatic carbocycles. The minimum atomic E-state index is -3.67. The molecular weight excluding hydrogens is 568 g/mol. The zero-order valence-electron chi connectivity index (χ0n) is 23.3. The number of nitrogens with zero attached hydrogens (tertiary/aromatic N) is 2. The van der Waals surface area contributed by atoms with Gasteiger partial charge in [-0.15, -0.1) is 0 Å². The maximum absolute atomic E-state index is 12.4. The number of carboxylic acid groups (broad SMARTS) is 1. The molecule has 0 unspecified atom stereocenters. The van der Waals surface area contributed by atoms with Gasteiger partial charge in [0.2, 0.25) is 25.0 Å². The molecule has 1 saturated carbocycles. The Bertz CT molecular complexity index is 1300. The molecule has 1 fully saturated rings. The molecule has 1 aromatic heterocycles. The highest BCUT2D eigenvalue weighted by Crippen LogP contribution is 2.30. The second-order valence-corrected chi connectivity index (χ2v) is 15.4. The Morgan fingerprint density at radius 1 is 1.15 bits per heavy atom. The first-order valence-corrected chi connectivity index (χ1v) is 17.3. The number of carbonyl (C=O) groups is 1. The predicted octanol–water partition coefficient (Wildman–Crippen LogP) is 4.59. The van der Waals surface area contributed by atoms with Crippen LogP contribution in [0, 0.1) is 25.7 Å². The molecule has 0 spiro atoms. The third-order valence-corrected chi connectivity index (χ3v) is 7.67. The smallest absolute Gasteiger partial charge is 0.322 e. The van der Waals surface area contributed by atoms with Gasteiger partial charge in [0.15, 0.2) is 0 Å². The summed E-state index contributed by atoms with van der Waals surface area (Å²) in [6.07, 6.45) is 5.27. The number of aliphatic carboxylic acids is 1. The number of aryl methyl sites for hydroxylation is 2. The van der Waals surface area contributed by atoms with E-state index in [2.05, 4.69) is 15.7 Å². The Labute approximate surface area is 236 Å². The lowest BCUT2D eigenvalue weighted by Gasteiger charge is -2.35. The molecule has 0 bridgehead atoms. The minimum absolute atomic E-state index is 0.0376. The van der Waals surface area contributed by atoms with E-state index in [0.717, 1.165) is 47.3 Å². The molecule has 0 amide bonds. The fraction of sp³-hybridized carbons (Fsp3) is 0.615. The van der Waals surface area contributed by atoms with Crippen LogP contribution in [0.2, 0.25) is 0 Å². The number of oxazole rings is 1. The number of rotatable bonds is 10. The summed E-state index contributed by atoms with van der Waals surface area (Å²) in [4.78, 5) is 16.4. The number of ether oxygens (including phenoxy) is 1. The van der Waals surface area contributed by atoms with Crippen molar-refractivity contribution in [3.05, 3.63) is 41.3 Å². The van der Waals surface area contributed by atoms with Gasteiger partial charge in [0.1, 0.15) is 17.5 Å². The van der Waals surface area contributed by atoms with E-state index in [1.165, 1.54) is 5.56 Å². The first kappa shape index (κ1) is 33.2. The fourth-order valence-corrected chi connectivity index (χ4v) is 5.82. The lowest BCUT2D eigenvalue weighted by atomic mass is 9.86. The van der Waals surface area contributed by atoms with E-state index in [1.807, 2.05) is 38.1 Å². The maximum atomic E-state index is 12.4. The summed E-state index contributed by atoms with van der Waals surface area (Å²) in [7, 11) is -2.36. The number of carboxylic acids is 1. The van der Waals surface area contributed by atoms with E-state index in [4.69, 9.17) is 9.15 Å². The average Bonchev–Trinajstić information content (AvgIpc) is 3.16. The molecule has 3 rings (SSSR count). The lowest BCUT2D eigenvalue weighted by molar-refractivity contribution is -0.143. The third kappa shape index (κ3) is 11.2. The number of aromatic nitrogens is 1. The summed E-state index contributed by atoms with van der Waals surface area (Å²) < 4.78 is 56.8. The van der Waals surface area contributed by atoms with Crippen molar-refractivity contribution < 1.29 is 35.9 Å². The van der Waals surface area contributed by atoms with Crippen LogP contribution in [0.25, 0.3) is 11.5 Å². The van der Waals surface area contributed by atoms with Crippen LogP contribution in [0.4, 0.5) is 0 Å². The molecule has 10 nitrogen and oxygen atoms in total. The van der Waals surface area contributed by atoms with Gasteiger partial charge >= 0.3 is 5.97 Å². The first-order valence-electron chi connectivity index (χ1n) is 12.7. The second-order valence-electron chi connectivity index (χ2n) is 10.4. The number of sulfonamides is 1. The van der Waals surface area contributed by atoms with E-state index in [1.54, 1.807) is 13.8 Å². The van der Waals surface area contributed by atoms with Crippen molar-refractivity contribution in [2.24, 2.45) is 11.8 Å². The molecule has 1 heterocycles. The Kier molecular flexibility index (Phi) is 12.0. The van der Waals surface area contributed by atoms with Crippen molar-refractivity contribution >= 4 is 35.7 Å². The van der Waals surface area contributed by atoms with Gasteiger partial charge in [-0.2, -0.15) is 4.31 Å². The Hall–Kier alpha value is -1.99. The van der Waals surface area contributed by atoms with Gasteiger partial charge in [-0.3, -0.25) is 4.79 Å². The monoisotopic (exact) mass is 606 g/mol. The summed E-state index contributed by atoms with van der Waals surface area (Å²) in [6.45, 7) is 7.87. The van der Waals surface area contributed by atoms with E-state index < -0.39 is 31.1 Å². The van der Waals surface area contributed by atoms with Crippen LogP contribution in [0.5, 0.6) is 0 Å². The molecule has 220 valence electrons. The van der Waals surface area contributed by atoms with Gasteiger partial charge in [0, 0.05) is 22.8 Å². The zero-order valence-corrected chi connectivity index (χ0v) is 25.6. The third-order valence-electron chi connectivity index (χ3n) is 6.44. The van der Waals surface area contributed by atoms with Gasteiger partial charge in [-0.05, 0) is 57.1 Å². The van der Waals surface area contributed by atoms with Crippen molar-refractivity contribution in [2.45, 2.75) is 72.1 Å². The molecule has 1 N–H and O–H groups in total. The maximum Gasteiger partial charge on any atom is 0.322 e. The van der Waals surface area contributed by atoms with Crippen molar-refractivity contribution in [1.82, 2.24) is 9.29 Å².